The second kappa shape index (κ2) is 3.06. The molecule has 0 aromatic carbocycles. The highest BCUT2D eigenvalue weighted by Crippen LogP contribution is 2.29. The molecule has 14 heavy (non-hydrogen) atoms. The fraction of sp³-hybridized carbons (Fsp3) is 0.875. The molecular weight excluding hydrogens is 222 g/mol. The number of hydrogen-bond acceptors (Lipinski definition) is 4. The van der Waals surface area contributed by atoms with Crippen LogP contribution in [0.4, 0.5) is 0 Å². The number of hydrogen-bond donors (Lipinski definition) is 0. The van der Waals surface area contributed by atoms with Gasteiger partial charge in [-0.3, -0.25) is 0 Å². The van der Waals surface area contributed by atoms with E-state index in [4.69, 9.17) is 17.0 Å². The van der Waals surface area contributed by atoms with E-state index < -0.39 is 9.84 Å². The first-order valence-electron chi connectivity index (χ1n) is 4.60. The Morgan fingerprint density at radius 1 is 1.50 bits per heavy atom. The summed E-state index contributed by atoms with van der Waals surface area (Å²) in [4.78, 5) is 1.89. The Labute approximate surface area is 89.1 Å². The van der Waals surface area contributed by atoms with Crippen molar-refractivity contribution >= 4 is 27.2 Å². The van der Waals surface area contributed by atoms with Crippen LogP contribution in [0.15, 0.2) is 0 Å². The molecule has 0 spiro atoms. The van der Waals surface area contributed by atoms with Crippen molar-refractivity contribution in [1.82, 2.24) is 4.90 Å². The Kier molecular flexibility index (Phi) is 2.23. The number of nitrogens with zero attached hydrogens (tertiary/aromatic N) is 1. The van der Waals surface area contributed by atoms with Crippen LogP contribution in [-0.4, -0.2) is 48.2 Å². The zero-order valence-corrected chi connectivity index (χ0v) is 9.77. The molecule has 0 radical (unpaired) electrons. The molecule has 6 heteroatoms. The molecule has 0 saturated carbocycles. The van der Waals surface area contributed by atoms with E-state index in [0.29, 0.717) is 5.17 Å². The Balaban J connectivity index is 2.26. The summed E-state index contributed by atoms with van der Waals surface area (Å²) in [5.74, 6) is 0.289. The van der Waals surface area contributed by atoms with Crippen molar-refractivity contribution < 1.29 is 13.2 Å². The Morgan fingerprint density at radius 2 is 2.14 bits per heavy atom. The lowest BCUT2D eigenvalue weighted by molar-refractivity contribution is 0.227. The first-order valence-corrected chi connectivity index (χ1v) is 6.83. The molecule has 2 rings (SSSR count). The molecule has 2 atom stereocenters. The molecule has 0 aromatic heterocycles. The summed E-state index contributed by atoms with van der Waals surface area (Å²) in [5, 5.41) is 0.449. The van der Waals surface area contributed by atoms with Gasteiger partial charge in [0.1, 0.15) is 6.10 Å². The van der Waals surface area contributed by atoms with E-state index in [2.05, 4.69) is 0 Å². The van der Waals surface area contributed by atoms with Gasteiger partial charge in [-0.1, -0.05) is 0 Å². The van der Waals surface area contributed by atoms with Gasteiger partial charge in [-0.2, -0.15) is 0 Å². The van der Waals surface area contributed by atoms with Gasteiger partial charge in [0.25, 0.3) is 5.17 Å². The van der Waals surface area contributed by atoms with E-state index >= 15 is 0 Å². The van der Waals surface area contributed by atoms with Crippen LogP contribution in [0, 0.1) is 0 Å². The van der Waals surface area contributed by atoms with Gasteiger partial charge >= 0.3 is 0 Å². The molecule has 0 bridgehead atoms. The molecule has 0 aliphatic carbocycles. The van der Waals surface area contributed by atoms with Crippen LogP contribution in [0.1, 0.15) is 13.8 Å². The summed E-state index contributed by atoms with van der Waals surface area (Å²) in [6.07, 6.45) is -0.241. The summed E-state index contributed by atoms with van der Waals surface area (Å²) in [5.41, 5.74) is 0. The minimum Gasteiger partial charge on any atom is -0.464 e. The van der Waals surface area contributed by atoms with Crippen molar-refractivity contribution in [1.29, 1.82) is 0 Å². The maximum absolute atomic E-state index is 11.4. The highest BCUT2D eigenvalue weighted by atomic mass is 32.2. The molecule has 2 aliphatic heterocycles. The van der Waals surface area contributed by atoms with E-state index in [9.17, 15) is 8.42 Å². The number of fused-ring (bicyclic) bond motifs is 1. The quantitative estimate of drug-likeness (QED) is 0.607. The fourth-order valence-corrected chi connectivity index (χ4v) is 4.38. The van der Waals surface area contributed by atoms with Crippen molar-refractivity contribution in [2.24, 2.45) is 0 Å². The standard InChI is InChI=1S/C8H13NO3S2/c1-5(2)9-6-3-14(10,11)4-7(6)12-8(9)13/h5-7H,3-4H2,1-2H3/t6-,7+/m1/s1. The zero-order chi connectivity index (χ0) is 10.5. The maximum atomic E-state index is 11.4. The third kappa shape index (κ3) is 1.50. The van der Waals surface area contributed by atoms with Crippen molar-refractivity contribution in [2.45, 2.75) is 32.0 Å². The van der Waals surface area contributed by atoms with Gasteiger partial charge in [0.2, 0.25) is 0 Å². The number of ether oxygens (including phenoxy) is 1. The van der Waals surface area contributed by atoms with Crippen molar-refractivity contribution in [3.8, 4) is 0 Å². The van der Waals surface area contributed by atoms with Crippen LogP contribution in [0.25, 0.3) is 0 Å². The molecule has 0 amide bonds. The second-order valence-corrected chi connectivity index (χ2v) is 6.57. The third-order valence-corrected chi connectivity index (χ3v) is 4.64. The van der Waals surface area contributed by atoms with Gasteiger partial charge in [-0.25, -0.2) is 8.42 Å². The summed E-state index contributed by atoms with van der Waals surface area (Å²) in [6, 6.07) is 0.137. The van der Waals surface area contributed by atoms with E-state index in [1.54, 1.807) is 0 Å². The highest BCUT2D eigenvalue weighted by molar-refractivity contribution is 7.91. The highest BCUT2D eigenvalue weighted by Gasteiger charge is 2.49. The monoisotopic (exact) mass is 235 g/mol. The van der Waals surface area contributed by atoms with Crippen LogP contribution >= 0.6 is 12.2 Å². The van der Waals surface area contributed by atoms with Crippen LogP contribution in [0.2, 0.25) is 0 Å². The smallest absolute Gasteiger partial charge is 0.260 e. The Morgan fingerprint density at radius 3 is 2.71 bits per heavy atom. The first kappa shape index (κ1) is 10.2. The SMILES string of the molecule is CC(C)N1C(=S)O[C@H]2CS(=O)(=O)C[C@H]21. The fourth-order valence-electron chi connectivity index (χ4n) is 2.09. The number of thiocarbonyl (C=S) groups is 1. The first-order chi connectivity index (χ1) is 6.41. The largest absolute Gasteiger partial charge is 0.464 e. The van der Waals surface area contributed by atoms with E-state index in [1.807, 2.05) is 18.7 Å². The van der Waals surface area contributed by atoms with Gasteiger partial charge in [0.05, 0.1) is 17.5 Å². The average molecular weight is 235 g/mol. The molecule has 80 valence electrons. The predicted molar refractivity (Wildman–Crippen MR) is 56.9 cm³/mol. The topological polar surface area (TPSA) is 46.6 Å². The molecule has 2 heterocycles. The molecule has 0 aromatic rings. The zero-order valence-electron chi connectivity index (χ0n) is 8.13. The molecule has 2 fully saturated rings. The third-order valence-electron chi connectivity index (χ3n) is 2.65. The molecule has 0 unspecified atom stereocenters. The lowest BCUT2D eigenvalue weighted by Crippen LogP contribution is -2.41. The van der Waals surface area contributed by atoms with Gasteiger partial charge in [-0.15, -0.1) is 0 Å². The Hall–Kier alpha value is -0.360. The van der Waals surface area contributed by atoms with Crippen LogP contribution in [0.5, 0.6) is 0 Å². The predicted octanol–water partition coefficient (Wildman–Crippen LogP) is 0.177. The van der Waals surface area contributed by atoms with Gasteiger partial charge < -0.3 is 9.64 Å². The number of rotatable bonds is 1. The molecule has 2 saturated heterocycles. The summed E-state index contributed by atoms with van der Waals surface area (Å²) < 4.78 is 28.1. The molecular formula is C8H13NO3S2. The maximum Gasteiger partial charge on any atom is 0.260 e. The van der Waals surface area contributed by atoms with Crippen LogP contribution in [-0.2, 0) is 14.6 Å². The van der Waals surface area contributed by atoms with E-state index in [0.717, 1.165) is 0 Å². The lowest BCUT2D eigenvalue weighted by atomic mass is 10.2. The average Bonchev–Trinajstić information content (AvgIpc) is 2.37. The van der Waals surface area contributed by atoms with Gasteiger partial charge in [0.15, 0.2) is 9.84 Å². The van der Waals surface area contributed by atoms with Crippen molar-refractivity contribution in [3.63, 3.8) is 0 Å². The second-order valence-electron chi connectivity index (χ2n) is 4.07. The molecule has 4 nitrogen and oxygen atoms in total. The van der Waals surface area contributed by atoms with Gasteiger partial charge in [0, 0.05) is 6.04 Å². The van der Waals surface area contributed by atoms with Crippen LogP contribution in [0.3, 0.4) is 0 Å². The minimum atomic E-state index is -2.92. The van der Waals surface area contributed by atoms with Crippen LogP contribution < -0.4 is 0 Å². The minimum absolute atomic E-state index is 0.0625. The summed E-state index contributed by atoms with van der Waals surface area (Å²) >= 11 is 5.05. The Bertz CT molecular complexity index is 363. The van der Waals surface area contributed by atoms with Crippen molar-refractivity contribution in [2.75, 3.05) is 11.5 Å². The van der Waals surface area contributed by atoms with Gasteiger partial charge in [-0.05, 0) is 26.1 Å². The van der Waals surface area contributed by atoms with Crippen molar-refractivity contribution in [3.05, 3.63) is 0 Å². The van der Waals surface area contributed by atoms with E-state index in [-0.39, 0.29) is 29.7 Å². The molecule has 2 aliphatic rings. The molecule has 0 N–H and O–H groups in total. The van der Waals surface area contributed by atoms with E-state index in [1.165, 1.54) is 0 Å². The summed E-state index contributed by atoms with van der Waals surface area (Å²) in [6.45, 7) is 3.98. The summed E-state index contributed by atoms with van der Waals surface area (Å²) in [7, 11) is -2.92. The number of sulfone groups is 1. The lowest BCUT2D eigenvalue weighted by Gasteiger charge is -2.25. The normalized spacial score (nSPS) is 34.8.